The summed E-state index contributed by atoms with van der Waals surface area (Å²) in [5.41, 5.74) is 0.781. The molecule has 1 aliphatic heterocycles. The van der Waals surface area contributed by atoms with E-state index in [4.69, 9.17) is 14.2 Å². The van der Waals surface area contributed by atoms with Gasteiger partial charge in [0.05, 0.1) is 0 Å². The van der Waals surface area contributed by atoms with Gasteiger partial charge in [-0.05, 0) is 22.0 Å². The van der Waals surface area contributed by atoms with Crippen LogP contribution in [0.4, 0.5) is 0 Å². The molecule has 0 spiro atoms. The van der Waals surface area contributed by atoms with Gasteiger partial charge in [0.2, 0.25) is 0 Å². The molecule has 5 heteroatoms. The topological polar surface area (TPSA) is 44.8 Å². The first kappa shape index (κ1) is 11.6. The Morgan fingerprint density at radius 1 is 1.38 bits per heavy atom. The molecular formula is C11H11BrO4. The largest absolute Gasteiger partial charge is 0.423 e. The third-order valence-corrected chi connectivity index (χ3v) is 3.62. The van der Waals surface area contributed by atoms with Gasteiger partial charge in [0, 0.05) is 19.8 Å². The fourth-order valence-corrected chi connectivity index (χ4v) is 2.25. The lowest BCUT2D eigenvalue weighted by Gasteiger charge is -2.36. The number of para-hydroxylation sites is 1. The number of esters is 1. The van der Waals surface area contributed by atoms with Gasteiger partial charge in [0.1, 0.15) is 11.9 Å². The number of benzene rings is 1. The van der Waals surface area contributed by atoms with Gasteiger partial charge in [0.15, 0.2) is 0 Å². The minimum absolute atomic E-state index is 0.506. The number of hydrogen-bond donors (Lipinski definition) is 0. The molecule has 0 fully saturated rings. The molecule has 16 heavy (non-hydrogen) atoms. The van der Waals surface area contributed by atoms with E-state index in [0.717, 1.165) is 5.56 Å². The number of carbonyl (C=O) groups excluding carboxylic acids is 1. The summed E-state index contributed by atoms with van der Waals surface area (Å²) >= 11 is 3.23. The third-order valence-electron chi connectivity index (χ3n) is 2.55. The van der Waals surface area contributed by atoms with Crippen LogP contribution in [0.2, 0.25) is 0 Å². The van der Waals surface area contributed by atoms with E-state index in [0.29, 0.717) is 5.75 Å². The second kappa shape index (κ2) is 4.16. The molecule has 2 atom stereocenters. The van der Waals surface area contributed by atoms with Crippen molar-refractivity contribution in [2.45, 2.75) is 10.6 Å². The van der Waals surface area contributed by atoms with E-state index in [9.17, 15) is 4.79 Å². The van der Waals surface area contributed by atoms with E-state index in [1.165, 1.54) is 14.2 Å². The van der Waals surface area contributed by atoms with Gasteiger partial charge in [-0.3, -0.25) is 0 Å². The zero-order valence-corrected chi connectivity index (χ0v) is 10.5. The van der Waals surface area contributed by atoms with Gasteiger partial charge in [0.25, 0.3) is 4.51 Å². The zero-order valence-electron chi connectivity index (χ0n) is 8.90. The Morgan fingerprint density at radius 2 is 2.06 bits per heavy atom. The number of halogens is 1. The van der Waals surface area contributed by atoms with E-state index < -0.39 is 16.6 Å². The number of alkyl halides is 1. The summed E-state index contributed by atoms with van der Waals surface area (Å²) in [5, 5.41) is 0. The number of methoxy groups -OCH3 is 2. The summed E-state index contributed by atoms with van der Waals surface area (Å²) in [6, 6.07) is 7.21. The number of carbonyl (C=O) groups is 1. The predicted octanol–water partition coefficient (Wildman–Crippen LogP) is 2.03. The molecule has 1 aromatic rings. The molecule has 0 radical (unpaired) electrons. The highest BCUT2D eigenvalue weighted by Gasteiger charge is 2.51. The third kappa shape index (κ3) is 1.55. The monoisotopic (exact) mass is 286 g/mol. The first-order chi connectivity index (χ1) is 7.63. The lowest BCUT2D eigenvalue weighted by atomic mass is 10.0. The summed E-state index contributed by atoms with van der Waals surface area (Å²) in [4.78, 5) is 11.8. The van der Waals surface area contributed by atoms with Gasteiger partial charge in [-0.1, -0.05) is 18.2 Å². The van der Waals surface area contributed by atoms with Crippen molar-refractivity contribution in [2.24, 2.45) is 0 Å². The van der Waals surface area contributed by atoms with Crippen LogP contribution >= 0.6 is 15.9 Å². The van der Waals surface area contributed by atoms with Crippen molar-refractivity contribution in [1.29, 1.82) is 0 Å². The van der Waals surface area contributed by atoms with E-state index in [-0.39, 0.29) is 0 Å². The molecule has 0 aliphatic carbocycles. The summed E-state index contributed by atoms with van der Waals surface area (Å²) in [6.45, 7) is 0. The molecule has 1 heterocycles. The molecule has 0 aromatic heterocycles. The van der Waals surface area contributed by atoms with Crippen molar-refractivity contribution in [3.8, 4) is 5.75 Å². The Kier molecular flexibility index (Phi) is 3.01. The van der Waals surface area contributed by atoms with Gasteiger partial charge in [-0.15, -0.1) is 0 Å². The first-order valence-electron chi connectivity index (χ1n) is 4.71. The van der Waals surface area contributed by atoms with Crippen LogP contribution in [-0.2, 0) is 14.3 Å². The molecule has 86 valence electrons. The normalized spacial score (nSPS) is 28.4. The van der Waals surface area contributed by atoms with E-state index in [2.05, 4.69) is 15.9 Å². The Morgan fingerprint density at radius 3 is 2.69 bits per heavy atom. The highest BCUT2D eigenvalue weighted by molar-refractivity contribution is 9.10. The summed E-state index contributed by atoms with van der Waals surface area (Å²) in [7, 11) is 2.95. The highest BCUT2D eigenvalue weighted by atomic mass is 79.9. The van der Waals surface area contributed by atoms with Crippen LogP contribution in [0.1, 0.15) is 11.7 Å². The Balaban J connectivity index is 2.54. The molecule has 0 saturated heterocycles. The molecule has 0 amide bonds. The Hall–Kier alpha value is -0.910. The predicted molar refractivity (Wildman–Crippen MR) is 60.5 cm³/mol. The van der Waals surface area contributed by atoms with E-state index >= 15 is 0 Å². The van der Waals surface area contributed by atoms with Gasteiger partial charge in [-0.2, -0.15) is 0 Å². The van der Waals surface area contributed by atoms with Crippen LogP contribution in [0.25, 0.3) is 0 Å². The molecule has 1 aliphatic rings. The molecule has 0 bridgehead atoms. The quantitative estimate of drug-likeness (QED) is 0.474. The maximum Gasteiger partial charge on any atom is 0.358 e. The molecule has 0 saturated carbocycles. The number of ether oxygens (including phenoxy) is 3. The maximum atomic E-state index is 11.8. The van der Waals surface area contributed by atoms with Crippen LogP contribution in [0, 0.1) is 0 Å². The van der Waals surface area contributed by atoms with Crippen LogP contribution in [0.3, 0.4) is 0 Å². The fourth-order valence-electron chi connectivity index (χ4n) is 1.74. The van der Waals surface area contributed by atoms with Crippen molar-refractivity contribution >= 4 is 21.9 Å². The van der Waals surface area contributed by atoms with Crippen molar-refractivity contribution in [1.82, 2.24) is 0 Å². The SMILES string of the molecule is COC1c2ccccc2OC(=O)C1(Br)OC. The summed E-state index contributed by atoms with van der Waals surface area (Å²) < 4.78 is 14.4. The van der Waals surface area contributed by atoms with Crippen LogP contribution in [0.15, 0.2) is 24.3 Å². The van der Waals surface area contributed by atoms with Crippen LogP contribution in [0.5, 0.6) is 5.75 Å². The minimum atomic E-state index is -1.28. The maximum absolute atomic E-state index is 11.8. The van der Waals surface area contributed by atoms with E-state index in [1.807, 2.05) is 12.1 Å². The van der Waals surface area contributed by atoms with Crippen LogP contribution < -0.4 is 4.74 Å². The lowest BCUT2D eigenvalue weighted by Crippen LogP contribution is -2.47. The highest BCUT2D eigenvalue weighted by Crippen LogP contribution is 2.45. The van der Waals surface area contributed by atoms with Crippen molar-refractivity contribution < 1.29 is 19.0 Å². The average molecular weight is 287 g/mol. The average Bonchev–Trinajstić information content (AvgIpc) is 2.31. The Bertz CT molecular complexity index is 420. The van der Waals surface area contributed by atoms with Gasteiger partial charge in [-0.25, -0.2) is 4.79 Å². The number of hydrogen-bond acceptors (Lipinski definition) is 4. The molecule has 2 unspecified atom stereocenters. The van der Waals surface area contributed by atoms with E-state index in [1.54, 1.807) is 12.1 Å². The van der Waals surface area contributed by atoms with Crippen molar-refractivity contribution in [3.05, 3.63) is 29.8 Å². The number of rotatable bonds is 2. The lowest BCUT2D eigenvalue weighted by molar-refractivity contribution is -0.163. The molecule has 0 N–H and O–H groups in total. The first-order valence-corrected chi connectivity index (χ1v) is 5.51. The number of fused-ring (bicyclic) bond motifs is 1. The molecule has 1 aromatic carbocycles. The van der Waals surface area contributed by atoms with Gasteiger partial charge >= 0.3 is 5.97 Å². The van der Waals surface area contributed by atoms with Gasteiger partial charge < -0.3 is 14.2 Å². The van der Waals surface area contributed by atoms with Crippen molar-refractivity contribution in [3.63, 3.8) is 0 Å². The van der Waals surface area contributed by atoms with Crippen molar-refractivity contribution in [2.75, 3.05) is 14.2 Å². The molecule has 4 nitrogen and oxygen atoms in total. The summed E-state index contributed by atoms with van der Waals surface area (Å²) in [6.07, 6.45) is -0.532. The standard InChI is InChI=1S/C11H11BrO4/c1-14-9-7-5-3-4-6-8(7)16-10(13)11(9,12)15-2/h3-6,9H,1-2H3. The fraction of sp³-hybridized carbons (Fsp3) is 0.364. The summed E-state index contributed by atoms with van der Waals surface area (Å²) in [5.74, 6) is -0.00738. The molecular weight excluding hydrogens is 276 g/mol. The molecule has 2 rings (SSSR count). The minimum Gasteiger partial charge on any atom is -0.423 e. The smallest absolute Gasteiger partial charge is 0.358 e. The Labute approximate surface area is 102 Å². The second-order valence-electron chi connectivity index (χ2n) is 3.39. The zero-order chi connectivity index (χ0) is 11.8. The van der Waals surface area contributed by atoms with Crippen LogP contribution in [-0.4, -0.2) is 24.7 Å². The second-order valence-corrected chi connectivity index (χ2v) is 4.57.